The number of rotatable bonds is 5. The van der Waals surface area contributed by atoms with E-state index in [1.807, 2.05) is 12.1 Å². The summed E-state index contributed by atoms with van der Waals surface area (Å²) < 4.78 is 12.9. The van der Waals surface area contributed by atoms with Gasteiger partial charge in [-0.1, -0.05) is 61.2 Å². The van der Waals surface area contributed by atoms with Gasteiger partial charge in [0.2, 0.25) is 0 Å². The zero-order valence-corrected chi connectivity index (χ0v) is 14.3. The third-order valence-corrected chi connectivity index (χ3v) is 5.87. The molecule has 2 aromatic rings. The van der Waals surface area contributed by atoms with E-state index in [0.29, 0.717) is 0 Å². The summed E-state index contributed by atoms with van der Waals surface area (Å²) in [6.07, 6.45) is 0. The van der Waals surface area contributed by atoms with Gasteiger partial charge in [-0.05, 0) is 30.2 Å². The van der Waals surface area contributed by atoms with Crippen molar-refractivity contribution in [1.82, 2.24) is 5.32 Å². The number of hydrogen-bond donors (Lipinski definition) is 1. The Kier molecular flexibility index (Phi) is 4.96. The zero-order valence-electron chi connectivity index (χ0n) is 13.3. The molecular formula is C18H24FNSi. The summed E-state index contributed by atoms with van der Waals surface area (Å²) in [4.78, 5) is 0. The van der Waals surface area contributed by atoms with Gasteiger partial charge in [0.25, 0.3) is 0 Å². The van der Waals surface area contributed by atoms with Gasteiger partial charge in [0.05, 0.1) is 8.07 Å². The first-order valence-electron chi connectivity index (χ1n) is 7.44. The van der Waals surface area contributed by atoms with E-state index in [4.69, 9.17) is 0 Å². The minimum atomic E-state index is -1.21. The predicted octanol–water partition coefficient (Wildman–Crippen LogP) is 4.22. The van der Waals surface area contributed by atoms with E-state index in [1.54, 1.807) is 0 Å². The number of halogens is 1. The molecule has 21 heavy (non-hydrogen) atoms. The molecule has 0 radical (unpaired) electrons. The van der Waals surface area contributed by atoms with Crippen molar-refractivity contribution in [2.24, 2.45) is 0 Å². The van der Waals surface area contributed by atoms with E-state index in [0.717, 1.165) is 12.1 Å². The maximum atomic E-state index is 12.9. The molecule has 0 saturated heterocycles. The second-order valence-electron chi connectivity index (χ2n) is 6.60. The molecule has 0 aliphatic heterocycles. The average molecular weight is 301 g/mol. The Morgan fingerprint density at radius 1 is 0.952 bits per heavy atom. The van der Waals surface area contributed by atoms with Gasteiger partial charge in [-0.15, -0.1) is 0 Å². The summed E-state index contributed by atoms with van der Waals surface area (Å²) in [6.45, 7) is 10.00. The molecule has 1 N–H and O–H groups in total. The van der Waals surface area contributed by atoms with Crippen molar-refractivity contribution in [1.29, 1.82) is 0 Å². The van der Waals surface area contributed by atoms with Gasteiger partial charge in [-0.3, -0.25) is 0 Å². The summed E-state index contributed by atoms with van der Waals surface area (Å²) in [7, 11) is -1.21. The van der Waals surface area contributed by atoms with Gasteiger partial charge < -0.3 is 5.32 Å². The van der Waals surface area contributed by atoms with E-state index >= 15 is 0 Å². The average Bonchev–Trinajstić information content (AvgIpc) is 2.45. The van der Waals surface area contributed by atoms with Crippen molar-refractivity contribution in [3.63, 3.8) is 0 Å². The molecule has 0 saturated carbocycles. The lowest BCUT2D eigenvalue weighted by atomic mass is 10.1. The lowest BCUT2D eigenvalue weighted by Crippen LogP contribution is -2.37. The molecule has 2 rings (SSSR count). The monoisotopic (exact) mass is 301 g/mol. The highest BCUT2D eigenvalue weighted by molar-refractivity contribution is 6.88. The fourth-order valence-electron chi connectivity index (χ4n) is 2.26. The molecule has 0 unspecified atom stereocenters. The van der Waals surface area contributed by atoms with E-state index in [2.05, 4.69) is 56.1 Å². The minimum absolute atomic E-state index is 0.187. The molecule has 1 nitrogen and oxygen atoms in total. The first kappa shape index (κ1) is 15.9. The molecule has 0 aliphatic carbocycles. The molecule has 0 amide bonds. The van der Waals surface area contributed by atoms with E-state index in [9.17, 15) is 4.39 Å². The predicted molar refractivity (Wildman–Crippen MR) is 91.1 cm³/mol. The quantitative estimate of drug-likeness (QED) is 0.815. The lowest BCUT2D eigenvalue weighted by molar-refractivity contribution is 0.571. The third-order valence-electron chi connectivity index (χ3n) is 3.80. The molecule has 0 heterocycles. The molecule has 0 bridgehead atoms. The maximum Gasteiger partial charge on any atom is 0.123 e. The number of nitrogens with one attached hydrogen (secondary N) is 1. The second kappa shape index (κ2) is 6.54. The van der Waals surface area contributed by atoms with Crippen molar-refractivity contribution in [2.75, 3.05) is 0 Å². The standard InChI is InChI=1S/C18H24FNSi/c1-14(16-7-9-17(19)10-8-16)20-13-15-5-11-18(12-6-15)21(2,3)4/h5-12,14,20H,13H2,1-4H3/t14-/m0/s1. The summed E-state index contributed by atoms with van der Waals surface area (Å²) >= 11 is 0. The minimum Gasteiger partial charge on any atom is -0.306 e. The fraction of sp³-hybridized carbons (Fsp3) is 0.333. The van der Waals surface area contributed by atoms with E-state index in [1.165, 1.54) is 22.9 Å². The SMILES string of the molecule is C[C@H](NCc1ccc([Si](C)(C)C)cc1)c1ccc(F)cc1. The normalized spacial score (nSPS) is 13.2. The molecule has 0 aliphatic rings. The lowest BCUT2D eigenvalue weighted by Gasteiger charge is -2.18. The molecule has 0 spiro atoms. The second-order valence-corrected chi connectivity index (χ2v) is 11.7. The van der Waals surface area contributed by atoms with Crippen molar-refractivity contribution >= 4 is 13.3 Å². The fourth-order valence-corrected chi connectivity index (χ4v) is 3.43. The van der Waals surface area contributed by atoms with Crippen LogP contribution in [0, 0.1) is 5.82 Å². The van der Waals surface area contributed by atoms with Crippen LogP contribution in [-0.4, -0.2) is 8.07 Å². The summed E-state index contributed by atoms with van der Waals surface area (Å²) in [5, 5.41) is 4.97. The summed E-state index contributed by atoms with van der Waals surface area (Å²) in [5.74, 6) is -0.187. The van der Waals surface area contributed by atoms with Crippen LogP contribution in [0.3, 0.4) is 0 Å². The van der Waals surface area contributed by atoms with Crippen molar-refractivity contribution < 1.29 is 4.39 Å². The Morgan fingerprint density at radius 3 is 2.05 bits per heavy atom. The molecule has 1 atom stereocenters. The highest BCUT2D eigenvalue weighted by atomic mass is 28.3. The topological polar surface area (TPSA) is 12.0 Å². The van der Waals surface area contributed by atoms with Crippen LogP contribution in [0.25, 0.3) is 0 Å². The van der Waals surface area contributed by atoms with Crippen LogP contribution >= 0.6 is 0 Å². The molecular weight excluding hydrogens is 277 g/mol. The van der Waals surface area contributed by atoms with Crippen molar-refractivity contribution in [2.45, 2.75) is 39.2 Å². The van der Waals surface area contributed by atoms with Gasteiger partial charge in [-0.25, -0.2) is 4.39 Å². The third kappa shape index (κ3) is 4.51. The van der Waals surface area contributed by atoms with Crippen LogP contribution in [0.1, 0.15) is 24.1 Å². The first-order chi connectivity index (χ1) is 9.86. The smallest absolute Gasteiger partial charge is 0.123 e. The van der Waals surface area contributed by atoms with Gasteiger partial charge in [0.1, 0.15) is 5.82 Å². The summed E-state index contributed by atoms with van der Waals surface area (Å²) in [5.41, 5.74) is 2.39. The maximum absolute atomic E-state index is 12.9. The first-order valence-corrected chi connectivity index (χ1v) is 10.9. The van der Waals surface area contributed by atoms with Crippen molar-refractivity contribution in [3.05, 3.63) is 65.5 Å². The van der Waals surface area contributed by atoms with Crippen LogP contribution in [0.2, 0.25) is 19.6 Å². The Bertz CT molecular complexity index is 570. The van der Waals surface area contributed by atoms with Gasteiger partial charge in [-0.2, -0.15) is 0 Å². The van der Waals surface area contributed by atoms with Gasteiger partial charge in [0, 0.05) is 12.6 Å². The number of benzene rings is 2. The highest BCUT2D eigenvalue weighted by Crippen LogP contribution is 2.13. The van der Waals surface area contributed by atoms with Crippen LogP contribution in [0.15, 0.2) is 48.5 Å². The number of hydrogen-bond acceptors (Lipinski definition) is 1. The largest absolute Gasteiger partial charge is 0.306 e. The van der Waals surface area contributed by atoms with E-state index in [-0.39, 0.29) is 11.9 Å². The highest BCUT2D eigenvalue weighted by Gasteiger charge is 2.15. The van der Waals surface area contributed by atoms with Crippen LogP contribution in [-0.2, 0) is 6.54 Å². The molecule has 112 valence electrons. The zero-order chi connectivity index (χ0) is 15.5. The van der Waals surface area contributed by atoms with Gasteiger partial charge in [0.15, 0.2) is 0 Å². The Hall–Kier alpha value is -1.45. The van der Waals surface area contributed by atoms with E-state index < -0.39 is 8.07 Å². The van der Waals surface area contributed by atoms with Crippen LogP contribution in [0.4, 0.5) is 4.39 Å². The molecule has 0 aromatic heterocycles. The van der Waals surface area contributed by atoms with Crippen LogP contribution in [0.5, 0.6) is 0 Å². The summed E-state index contributed by atoms with van der Waals surface area (Å²) in [6, 6.07) is 15.8. The molecule has 0 fully saturated rings. The Morgan fingerprint density at radius 2 is 1.52 bits per heavy atom. The van der Waals surface area contributed by atoms with Crippen molar-refractivity contribution in [3.8, 4) is 0 Å². The van der Waals surface area contributed by atoms with Gasteiger partial charge >= 0.3 is 0 Å². The van der Waals surface area contributed by atoms with Crippen LogP contribution < -0.4 is 10.5 Å². The Balaban J connectivity index is 1.95. The molecule has 3 heteroatoms. The Labute approximate surface area is 128 Å². The molecule has 2 aromatic carbocycles.